The topological polar surface area (TPSA) is 237 Å². The molecule has 3 unspecified atom stereocenters. The van der Waals surface area contributed by atoms with E-state index in [9.17, 15) is 43.2 Å². The fourth-order valence-corrected chi connectivity index (χ4v) is 13.7. The van der Waals surface area contributed by atoms with Gasteiger partial charge in [0.1, 0.15) is 19.3 Å². The average Bonchev–Trinajstić information content (AvgIpc) is 1.07. The molecule has 0 saturated heterocycles. The van der Waals surface area contributed by atoms with Crippen LogP contribution in [-0.4, -0.2) is 96.7 Å². The van der Waals surface area contributed by atoms with Gasteiger partial charge in [0.05, 0.1) is 26.4 Å². The molecule has 0 aliphatic heterocycles. The molecule has 19 heteroatoms. The fourth-order valence-electron chi connectivity index (χ4n) is 12.1. The Morgan fingerprint density at radius 1 is 0.296 bits per heavy atom. The Kier molecular flexibility index (Phi) is 68.1. The van der Waals surface area contributed by atoms with Crippen LogP contribution in [0.3, 0.4) is 0 Å². The van der Waals surface area contributed by atoms with Crippen LogP contribution in [0.4, 0.5) is 0 Å². The number of rotatable bonds is 77. The molecule has 0 aliphatic rings. The molecule has 0 bridgehead atoms. The van der Waals surface area contributed by atoms with Crippen molar-refractivity contribution in [3.8, 4) is 0 Å². The van der Waals surface area contributed by atoms with Crippen LogP contribution < -0.4 is 0 Å². The van der Waals surface area contributed by atoms with Gasteiger partial charge in [-0.2, -0.15) is 0 Å². The zero-order valence-electron chi connectivity index (χ0n) is 64.3. The van der Waals surface area contributed by atoms with Gasteiger partial charge in [0, 0.05) is 25.7 Å². The zero-order valence-corrected chi connectivity index (χ0v) is 66.0. The average molecular weight is 1440 g/mol. The molecule has 0 aliphatic carbocycles. The molecule has 0 fully saturated rings. The second-order valence-corrected chi connectivity index (χ2v) is 32.6. The third-order valence-corrected chi connectivity index (χ3v) is 20.6. The first kappa shape index (κ1) is 96.1. The molecule has 0 aromatic rings. The monoisotopic (exact) mass is 1440 g/mol. The summed E-state index contributed by atoms with van der Waals surface area (Å²) in [6, 6.07) is 0. The maximum absolute atomic E-state index is 13.1. The van der Waals surface area contributed by atoms with Gasteiger partial charge >= 0.3 is 39.5 Å². The van der Waals surface area contributed by atoms with Gasteiger partial charge in [-0.05, 0) is 43.4 Å². The molecule has 3 N–H and O–H groups in total. The van der Waals surface area contributed by atoms with E-state index in [2.05, 4.69) is 48.5 Å². The molecule has 0 spiro atoms. The Morgan fingerprint density at radius 2 is 0.520 bits per heavy atom. The van der Waals surface area contributed by atoms with E-state index in [0.29, 0.717) is 31.6 Å². The number of esters is 4. The molecule has 0 radical (unpaired) electrons. The largest absolute Gasteiger partial charge is 0.472 e. The lowest BCUT2D eigenvalue weighted by Crippen LogP contribution is -2.30. The van der Waals surface area contributed by atoms with E-state index < -0.39 is 97.5 Å². The minimum Gasteiger partial charge on any atom is -0.462 e. The summed E-state index contributed by atoms with van der Waals surface area (Å²) in [5.74, 6) is 0.188. The van der Waals surface area contributed by atoms with Crippen molar-refractivity contribution in [2.75, 3.05) is 39.6 Å². The summed E-state index contributed by atoms with van der Waals surface area (Å²) < 4.78 is 68.6. The first-order valence-corrected chi connectivity index (χ1v) is 43.9. The number of carbonyl (C=O) groups excluding carboxylic acids is 4. The van der Waals surface area contributed by atoms with Crippen molar-refractivity contribution in [1.82, 2.24) is 0 Å². The number of carbonyl (C=O) groups is 4. The third kappa shape index (κ3) is 71.1. The zero-order chi connectivity index (χ0) is 72.3. The first-order chi connectivity index (χ1) is 47.3. The second kappa shape index (κ2) is 69.4. The molecule has 0 heterocycles. The van der Waals surface area contributed by atoms with Crippen LogP contribution in [0.25, 0.3) is 0 Å². The molecule has 17 nitrogen and oxygen atoms in total. The SMILES string of the molecule is CCCCCCCCCCCCCCCCCCCC(=O)OC[C@H](COP(=O)(O)OC[C@@H](O)COP(=O)(O)OC[C@@H](COC(=O)CCCCCCCCCC(C)C)OC(=O)CCCCCCCCCCCCC(C)C)OC(=O)CCCCCCCCCCCCCCCCC(C)CC. The standard InChI is InChI=1S/C79H154O17P2/c1-8-10-11-12-13-14-15-16-17-18-19-23-26-32-39-46-53-60-76(81)89-66-74(95-78(83)62-55-48-40-33-27-24-21-20-22-25-31-38-45-52-59-72(7)9-2)68-93-97(85,86)91-64-73(80)65-92-98(87,88)94-69-75(67-90-77(82)61-54-47-42-35-37-44-51-58-71(5)6)96-79(84)63-56-49-41-34-29-28-30-36-43-50-57-70(3)4/h70-75,80H,8-69H2,1-7H3,(H,85,86)(H,87,88)/t72?,73-,74-,75-/m1/s1. The van der Waals surface area contributed by atoms with Gasteiger partial charge in [-0.1, -0.05) is 357 Å². The van der Waals surface area contributed by atoms with Crippen molar-refractivity contribution >= 4 is 39.5 Å². The highest BCUT2D eigenvalue weighted by molar-refractivity contribution is 7.47. The summed E-state index contributed by atoms with van der Waals surface area (Å²) in [4.78, 5) is 72.9. The number of hydrogen-bond donors (Lipinski definition) is 3. The number of phosphoric acid groups is 2. The number of aliphatic hydroxyl groups excluding tert-OH is 1. The van der Waals surface area contributed by atoms with Crippen LogP contribution in [0.5, 0.6) is 0 Å². The molecule has 6 atom stereocenters. The summed E-state index contributed by atoms with van der Waals surface area (Å²) in [5.41, 5.74) is 0. The minimum absolute atomic E-state index is 0.105. The smallest absolute Gasteiger partial charge is 0.462 e. The normalized spacial score (nSPS) is 14.3. The van der Waals surface area contributed by atoms with Gasteiger partial charge in [-0.25, -0.2) is 9.13 Å². The van der Waals surface area contributed by atoms with Crippen molar-refractivity contribution in [2.24, 2.45) is 17.8 Å². The highest BCUT2D eigenvalue weighted by Gasteiger charge is 2.30. The molecule has 582 valence electrons. The van der Waals surface area contributed by atoms with Crippen molar-refractivity contribution in [1.29, 1.82) is 0 Å². The summed E-state index contributed by atoms with van der Waals surface area (Å²) in [7, 11) is -9.92. The summed E-state index contributed by atoms with van der Waals surface area (Å²) in [6.45, 7) is 11.9. The quantitative estimate of drug-likeness (QED) is 0.0222. The van der Waals surface area contributed by atoms with Gasteiger partial charge in [0.2, 0.25) is 0 Å². The van der Waals surface area contributed by atoms with Crippen molar-refractivity contribution in [2.45, 2.75) is 426 Å². The number of aliphatic hydroxyl groups is 1. The summed E-state index contributed by atoms with van der Waals surface area (Å²) in [6.07, 6.45) is 56.9. The molecule has 0 amide bonds. The second-order valence-electron chi connectivity index (χ2n) is 29.6. The number of phosphoric ester groups is 2. The van der Waals surface area contributed by atoms with Crippen molar-refractivity contribution in [3.05, 3.63) is 0 Å². The maximum Gasteiger partial charge on any atom is 0.472 e. The van der Waals surface area contributed by atoms with E-state index in [-0.39, 0.29) is 25.7 Å². The van der Waals surface area contributed by atoms with E-state index in [0.717, 1.165) is 108 Å². The molecular weight excluding hydrogens is 1280 g/mol. The maximum atomic E-state index is 13.1. The lowest BCUT2D eigenvalue weighted by molar-refractivity contribution is -0.161. The van der Waals surface area contributed by atoms with Crippen molar-refractivity contribution < 1.29 is 80.2 Å². The fraction of sp³-hybridized carbons (Fsp3) is 0.949. The Bertz CT molecular complexity index is 1910. The summed E-state index contributed by atoms with van der Waals surface area (Å²) in [5, 5.41) is 10.6. The number of unbranched alkanes of at least 4 members (excludes halogenated alkanes) is 44. The van der Waals surface area contributed by atoms with Crippen LogP contribution in [0.2, 0.25) is 0 Å². The lowest BCUT2D eigenvalue weighted by atomic mass is 9.99. The molecule has 0 aromatic carbocycles. The lowest BCUT2D eigenvalue weighted by Gasteiger charge is -2.21. The van der Waals surface area contributed by atoms with E-state index in [4.69, 9.17) is 37.0 Å². The molecule has 0 aromatic heterocycles. The summed E-state index contributed by atoms with van der Waals surface area (Å²) >= 11 is 0. The highest BCUT2D eigenvalue weighted by Crippen LogP contribution is 2.45. The Morgan fingerprint density at radius 3 is 0.776 bits per heavy atom. The molecular formula is C79H154O17P2. The minimum atomic E-state index is -4.96. The first-order valence-electron chi connectivity index (χ1n) is 40.9. The third-order valence-electron chi connectivity index (χ3n) is 18.7. The molecule has 98 heavy (non-hydrogen) atoms. The Balaban J connectivity index is 5.25. The Hall–Kier alpha value is -1.94. The Labute approximate surface area is 600 Å². The van der Waals surface area contributed by atoms with Crippen LogP contribution in [0.1, 0.15) is 408 Å². The van der Waals surface area contributed by atoms with Crippen molar-refractivity contribution in [3.63, 3.8) is 0 Å². The molecule has 0 saturated carbocycles. The predicted molar refractivity (Wildman–Crippen MR) is 400 cm³/mol. The van der Waals surface area contributed by atoms with Gasteiger partial charge < -0.3 is 33.8 Å². The van der Waals surface area contributed by atoms with Crippen LogP contribution in [0, 0.1) is 17.8 Å². The van der Waals surface area contributed by atoms with E-state index in [1.54, 1.807) is 0 Å². The van der Waals surface area contributed by atoms with E-state index >= 15 is 0 Å². The van der Waals surface area contributed by atoms with Gasteiger partial charge in [0.25, 0.3) is 0 Å². The number of hydrogen-bond acceptors (Lipinski definition) is 15. The van der Waals surface area contributed by atoms with Gasteiger partial charge in [-0.3, -0.25) is 37.3 Å². The number of ether oxygens (including phenoxy) is 4. The van der Waals surface area contributed by atoms with E-state index in [1.807, 2.05) is 0 Å². The predicted octanol–water partition coefficient (Wildman–Crippen LogP) is 23.4. The van der Waals surface area contributed by atoms with Crippen LogP contribution in [0.15, 0.2) is 0 Å². The van der Waals surface area contributed by atoms with Gasteiger partial charge in [-0.15, -0.1) is 0 Å². The highest BCUT2D eigenvalue weighted by atomic mass is 31.2. The molecule has 0 rings (SSSR count). The van der Waals surface area contributed by atoms with E-state index in [1.165, 1.54) is 212 Å². The van der Waals surface area contributed by atoms with Crippen LogP contribution >= 0.6 is 15.6 Å². The van der Waals surface area contributed by atoms with Gasteiger partial charge in [0.15, 0.2) is 12.2 Å². The van der Waals surface area contributed by atoms with Crippen LogP contribution in [-0.2, 0) is 65.4 Å².